The zero-order chi connectivity index (χ0) is 29.2. The van der Waals surface area contributed by atoms with E-state index in [4.69, 9.17) is 0 Å². The fourth-order valence-corrected chi connectivity index (χ4v) is 6.34. The topological polar surface area (TPSA) is 6.48 Å². The molecule has 0 fully saturated rings. The van der Waals surface area contributed by atoms with Crippen LogP contribution in [0.4, 0.5) is 28.4 Å². The number of para-hydroxylation sites is 3. The van der Waals surface area contributed by atoms with Crippen LogP contribution in [0.25, 0.3) is 32.3 Å². The van der Waals surface area contributed by atoms with Crippen molar-refractivity contribution in [1.29, 1.82) is 0 Å². The Labute approximate surface area is 253 Å². The molecule has 0 spiro atoms. The monoisotopic (exact) mass is 554 g/mol. The summed E-state index contributed by atoms with van der Waals surface area (Å²) in [6.45, 7) is 6.65. The van der Waals surface area contributed by atoms with Crippen LogP contribution < -0.4 is 9.80 Å². The Morgan fingerprint density at radius 3 is 1.56 bits per heavy atom. The standard InChI is InChI=1S/C41H34N2/c1-3-4-8-15-30(2)42(33-16-9-5-10-17-33)38-28-24-31-23-27-37-39(29-25-32-22-26-36(38)40(31)41(32)37)43(34-18-11-6-12-19-34)35-20-13-7-14-21-35/h3-7,9-14,16-29H,2,8,15H2,1H3/b4-3-. The smallest absolute Gasteiger partial charge is 0.0540 e. The van der Waals surface area contributed by atoms with Crippen molar-refractivity contribution >= 4 is 60.8 Å². The van der Waals surface area contributed by atoms with Gasteiger partial charge in [-0.05, 0) is 89.8 Å². The molecule has 0 aliphatic rings. The van der Waals surface area contributed by atoms with Crippen LogP contribution in [-0.2, 0) is 0 Å². The summed E-state index contributed by atoms with van der Waals surface area (Å²) in [5, 5.41) is 7.53. The molecule has 208 valence electrons. The van der Waals surface area contributed by atoms with E-state index in [9.17, 15) is 0 Å². The van der Waals surface area contributed by atoms with Gasteiger partial charge in [-0.2, -0.15) is 0 Å². The van der Waals surface area contributed by atoms with Crippen LogP contribution in [-0.4, -0.2) is 0 Å². The van der Waals surface area contributed by atoms with Crippen molar-refractivity contribution in [2.45, 2.75) is 19.8 Å². The maximum Gasteiger partial charge on any atom is 0.0540 e. The molecule has 43 heavy (non-hydrogen) atoms. The second-order valence-electron chi connectivity index (χ2n) is 10.9. The molecule has 0 radical (unpaired) electrons. The third-order valence-electron chi connectivity index (χ3n) is 8.30. The second-order valence-corrected chi connectivity index (χ2v) is 10.9. The first-order chi connectivity index (χ1) is 21.2. The van der Waals surface area contributed by atoms with Crippen LogP contribution in [0, 0.1) is 0 Å². The molecule has 0 amide bonds. The Hall–Kier alpha value is -5.34. The fraction of sp³-hybridized carbons (Fsp3) is 0.0732. The molecular formula is C41H34N2. The predicted molar refractivity (Wildman–Crippen MR) is 187 cm³/mol. The Kier molecular flexibility index (Phi) is 7.10. The lowest BCUT2D eigenvalue weighted by Gasteiger charge is -2.30. The molecule has 7 aromatic carbocycles. The molecule has 0 heterocycles. The van der Waals surface area contributed by atoms with Crippen LogP contribution >= 0.6 is 0 Å². The first-order valence-corrected chi connectivity index (χ1v) is 15.0. The van der Waals surface area contributed by atoms with Gasteiger partial charge in [0.2, 0.25) is 0 Å². The summed E-state index contributed by atoms with van der Waals surface area (Å²) in [5.74, 6) is 0. The highest BCUT2D eigenvalue weighted by atomic mass is 15.2. The molecule has 0 unspecified atom stereocenters. The molecule has 2 nitrogen and oxygen atoms in total. The number of rotatable bonds is 9. The van der Waals surface area contributed by atoms with Crippen LogP contribution in [0.1, 0.15) is 19.8 Å². The van der Waals surface area contributed by atoms with Crippen molar-refractivity contribution in [3.63, 3.8) is 0 Å². The summed E-state index contributed by atoms with van der Waals surface area (Å²) >= 11 is 0. The van der Waals surface area contributed by atoms with E-state index in [0.717, 1.165) is 41.3 Å². The van der Waals surface area contributed by atoms with Crippen molar-refractivity contribution < 1.29 is 0 Å². The predicted octanol–water partition coefficient (Wildman–Crippen LogP) is 12.1. The minimum Gasteiger partial charge on any atom is -0.314 e. The van der Waals surface area contributed by atoms with Gasteiger partial charge in [-0.25, -0.2) is 0 Å². The maximum absolute atomic E-state index is 4.58. The molecule has 0 saturated carbocycles. The second kappa shape index (κ2) is 11.5. The molecule has 7 aromatic rings. The van der Waals surface area contributed by atoms with Gasteiger partial charge < -0.3 is 9.80 Å². The van der Waals surface area contributed by atoms with Crippen molar-refractivity contribution in [3.8, 4) is 0 Å². The van der Waals surface area contributed by atoms with Crippen molar-refractivity contribution in [3.05, 3.63) is 164 Å². The third-order valence-corrected chi connectivity index (χ3v) is 8.30. The molecule has 0 bridgehead atoms. The van der Waals surface area contributed by atoms with Gasteiger partial charge in [-0.15, -0.1) is 0 Å². The van der Waals surface area contributed by atoms with Gasteiger partial charge in [0, 0.05) is 33.5 Å². The summed E-state index contributed by atoms with van der Waals surface area (Å²) in [5.41, 5.74) is 6.81. The molecule has 0 aliphatic carbocycles. The first kappa shape index (κ1) is 26.6. The largest absolute Gasteiger partial charge is 0.314 e. The lowest BCUT2D eigenvalue weighted by molar-refractivity contribution is 0.939. The highest BCUT2D eigenvalue weighted by Gasteiger charge is 2.21. The normalized spacial score (nSPS) is 11.6. The summed E-state index contributed by atoms with van der Waals surface area (Å²) in [6, 6.07) is 50.1. The van der Waals surface area contributed by atoms with Gasteiger partial charge in [0.15, 0.2) is 0 Å². The van der Waals surface area contributed by atoms with E-state index >= 15 is 0 Å². The SMILES string of the molecule is C=C(CC/C=C\C)N(c1ccccc1)c1ccc2ccc3c(N(c4ccccc4)c4ccccc4)ccc4ccc1c2c43. The first-order valence-electron chi connectivity index (χ1n) is 15.0. The Morgan fingerprint density at radius 2 is 1.02 bits per heavy atom. The minimum atomic E-state index is 0.883. The molecule has 0 atom stereocenters. The van der Waals surface area contributed by atoms with E-state index in [-0.39, 0.29) is 0 Å². The van der Waals surface area contributed by atoms with Crippen LogP contribution in [0.5, 0.6) is 0 Å². The van der Waals surface area contributed by atoms with Gasteiger partial charge in [-0.1, -0.05) is 110 Å². The molecule has 2 heteroatoms. The van der Waals surface area contributed by atoms with E-state index in [2.05, 4.69) is 175 Å². The van der Waals surface area contributed by atoms with E-state index in [1.54, 1.807) is 0 Å². The van der Waals surface area contributed by atoms with Gasteiger partial charge in [0.1, 0.15) is 0 Å². The van der Waals surface area contributed by atoms with Gasteiger partial charge >= 0.3 is 0 Å². The lowest BCUT2D eigenvalue weighted by atomic mass is 9.91. The van der Waals surface area contributed by atoms with Crippen LogP contribution in [0.15, 0.2) is 164 Å². The summed E-state index contributed by atoms with van der Waals surface area (Å²) < 4.78 is 0. The molecule has 0 N–H and O–H groups in total. The maximum atomic E-state index is 4.58. The number of nitrogens with zero attached hydrogens (tertiary/aromatic N) is 2. The lowest BCUT2D eigenvalue weighted by Crippen LogP contribution is -2.16. The molecular weight excluding hydrogens is 520 g/mol. The number of allylic oxidation sites excluding steroid dienone is 3. The third kappa shape index (κ3) is 4.81. The zero-order valence-electron chi connectivity index (χ0n) is 24.4. The molecule has 0 aromatic heterocycles. The number of hydrogen-bond donors (Lipinski definition) is 0. The van der Waals surface area contributed by atoms with Gasteiger partial charge in [0.25, 0.3) is 0 Å². The van der Waals surface area contributed by atoms with Crippen molar-refractivity contribution in [2.75, 3.05) is 9.80 Å². The van der Waals surface area contributed by atoms with Crippen molar-refractivity contribution in [2.24, 2.45) is 0 Å². The Bertz CT molecular complexity index is 2000. The average molecular weight is 555 g/mol. The van der Waals surface area contributed by atoms with Gasteiger partial charge in [-0.3, -0.25) is 0 Å². The van der Waals surface area contributed by atoms with E-state index in [1.807, 2.05) is 0 Å². The zero-order valence-corrected chi connectivity index (χ0v) is 24.4. The Morgan fingerprint density at radius 1 is 0.558 bits per heavy atom. The number of hydrogen-bond acceptors (Lipinski definition) is 2. The van der Waals surface area contributed by atoms with Crippen LogP contribution in [0.2, 0.25) is 0 Å². The van der Waals surface area contributed by atoms with Gasteiger partial charge in [0.05, 0.1) is 11.4 Å². The quantitative estimate of drug-likeness (QED) is 0.129. The summed E-state index contributed by atoms with van der Waals surface area (Å²) in [4.78, 5) is 4.71. The minimum absolute atomic E-state index is 0.883. The number of anilines is 5. The van der Waals surface area contributed by atoms with E-state index in [0.29, 0.717) is 0 Å². The molecule has 0 aliphatic heterocycles. The highest BCUT2D eigenvalue weighted by Crippen LogP contribution is 2.46. The van der Waals surface area contributed by atoms with Crippen LogP contribution in [0.3, 0.4) is 0 Å². The van der Waals surface area contributed by atoms with Crippen molar-refractivity contribution in [1.82, 2.24) is 0 Å². The fourth-order valence-electron chi connectivity index (χ4n) is 6.34. The Balaban J connectivity index is 1.48. The molecule has 0 saturated heterocycles. The average Bonchev–Trinajstić information content (AvgIpc) is 3.06. The van der Waals surface area contributed by atoms with E-state index in [1.165, 1.54) is 38.0 Å². The summed E-state index contributed by atoms with van der Waals surface area (Å²) in [7, 11) is 0. The molecule has 7 rings (SSSR count). The summed E-state index contributed by atoms with van der Waals surface area (Å²) in [6.07, 6.45) is 6.17. The highest BCUT2D eigenvalue weighted by molar-refractivity contribution is 6.28. The van der Waals surface area contributed by atoms with E-state index < -0.39 is 0 Å². The number of benzene rings is 7.